The summed E-state index contributed by atoms with van der Waals surface area (Å²) < 4.78 is 5.59. The number of Topliss-reactive ketones (excluding diaryl/α,β-unsaturated/α-hetero) is 1. The molecule has 1 fully saturated rings. The van der Waals surface area contributed by atoms with Crippen LogP contribution in [0.4, 0.5) is 0 Å². The zero-order chi connectivity index (χ0) is 21.3. The first-order valence-corrected chi connectivity index (χ1v) is 11.5. The smallest absolute Gasteiger partial charge is 0.338 e. The molecule has 3 nitrogen and oxygen atoms in total. The van der Waals surface area contributed by atoms with Crippen molar-refractivity contribution in [3.8, 4) is 11.1 Å². The highest BCUT2D eigenvalue weighted by molar-refractivity contribution is 5.90. The predicted octanol–water partition coefficient (Wildman–Crippen LogP) is 7.10. The molecular weight excluding hydrogens is 372 g/mol. The Hall–Kier alpha value is -2.42. The van der Waals surface area contributed by atoms with Crippen LogP contribution in [0.2, 0.25) is 0 Å². The maximum Gasteiger partial charge on any atom is 0.338 e. The quantitative estimate of drug-likeness (QED) is 0.329. The van der Waals surface area contributed by atoms with Crippen LogP contribution in [0.15, 0.2) is 48.5 Å². The van der Waals surface area contributed by atoms with Gasteiger partial charge in [-0.1, -0.05) is 62.6 Å². The normalized spacial score (nSPS) is 15.7. The van der Waals surface area contributed by atoms with Gasteiger partial charge in [-0.3, -0.25) is 4.79 Å². The average Bonchev–Trinajstić information content (AvgIpc) is 2.77. The summed E-state index contributed by atoms with van der Waals surface area (Å²) in [5, 5.41) is 0. The number of hydrogen-bond donors (Lipinski definition) is 0. The molecule has 1 aliphatic rings. The van der Waals surface area contributed by atoms with Crippen molar-refractivity contribution >= 4 is 11.8 Å². The van der Waals surface area contributed by atoms with E-state index >= 15 is 0 Å². The number of esters is 1. The third-order valence-electron chi connectivity index (χ3n) is 6.15. The highest BCUT2D eigenvalue weighted by Gasteiger charge is 2.20. The van der Waals surface area contributed by atoms with Gasteiger partial charge in [-0.2, -0.15) is 0 Å². The second-order valence-electron chi connectivity index (χ2n) is 8.58. The van der Waals surface area contributed by atoms with E-state index in [9.17, 15) is 9.59 Å². The average molecular weight is 407 g/mol. The van der Waals surface area contributed by atoms with Gasteiger partial charge in [0.2, 0.25) is 0 Å². The lowest BCUT2D eigenvalue weighted by Gasteiger charge is -2.21. The molecule has 1 aliphatic carbocycles. The van der Waals surface area contributed by atoms with Crippen molar-refractivity contribution in [2.24, 2.45) is 0 Å². The lowest BCUT2D eigenvalue weighted by molar-refractivity contribution is -0.120. The SMILES string of the molecule is CCCCCC[C@@H](C)OC(=O)c1ccc(-c2ccc(C3CCC(=O)CC3)cc2)cc1. The first-order valence-electron chi connectivity index (χ1n) is 11.5. The summed E-state index contributed by atoms with van der Waals surface area (Å²) in [4.78, 5) is 23.8. The molecule has 0 saturated heterocycles. The van der Waals surface area contributed by atoms with Crippen molar-refractivity contribution in [2.75, 3.05) is 0 Å². The molecule has 0 heterocycles. The fourth-order valence-electron chi connectivity index (χ4n) is 4.19. The summed E-state index contributed by atoms with van der Waals surface area (Å²) in [5.74, 6) is 0.650. The fourth-order valence-corrected chi connectivity index (χ4v) is 4.19. The van der Waals surface area contributed by atoms with Crippen LogP contribution in [0.5, 0.6) is 0 Å². The third kappa shape index (κ3) is 6.29. The Bertz CT molecular complexity index is 810. The van der Waals surface area contributed by atoms with Crippen LogP contribution in [-0.2, 0) is 9.53 Å². The van der Waals surface area contributed by atoms with Crippen LogP contribution in [-0.4, -0.2) is 17.9 Å². The number of hydrogen-bond acceptors (Lipinski definition) is 3. The lowest BCUT2D eigenvalue weighted by Crippen LogP contribution is -2.15. The molecule has 0 spiro atoms. The number of carbonyl (C=O) groups excluding carboxylic acids is 2. The monoisotopic (exact) mass is 406 g/mol. The van der Waals surface area contributed by atoms with Crippen molar-refractivity contribution in [3.05, 3.63) is 59.7 Å². The molecule has 3 heteroatoms. The highest BCUT2D eigenvalue weighted by atomic mass is 16.5. The summed E-state index contributed by atoms with van der Waals surface area (Å²) in [7, 11) is 0. The molecule has 1 atom stereocenters. The molecular formula is C27H34O3. The topological polar surface area (TPSA) is 43.4 Å². The number of ether oxygens (including phenoxy) is 1. The molecule has 0 aliphatic heterocycles. The van der Waals surface area contributed by atoms with E-state index in [1.807, 2.05) is 31.2 Å². The van der Waals surface area contributed by atoms with Crippen LogP contribution in [0.3, 0.4) is 0 Å². The summed E-state index contributed by atoms with van der Waals surface area (Å²) in [6.07, 6.45) is 8.98. The maximum absolute atomic E-state index is 12.4. The van der Waals surface area contributed by atoms with E-state index in [4.69, 9.17) is 4.74 Å². The minimum atomic E-state index is -0.244. The van der Waals surface area contributed by atoms with Crippen LogP contribution < -0.4 is 0 Å². The van der Waals surface area contributed by atoms with E-state index in [0.29, 0.717) is 30.1 Å². The summed E-state index contributed by atoms with van der Waals surface area (Å²) in [6.45, 7) is 4.17. The molecule has 1 saturated carbocycles. The Balaban J connectivity index is 1.54. The second kappa shape index (κ2) is 11.1. The summed E-state index contributed by atoms with van der Waals surface area (Å²) >= 11 is 0. The number of benzene rings is 2. The molecule has 0 bridgehead atoms. The van der Waals surface area contributed by atoms with Gasteiger partial charge in [0.1, 0.15) is 5.78 Å². The Kier molecular flexibility index (Phi) is 8.24. The van der Waals surface area contributed by atoms with Crippen molar-refractivity contribution in [3.63, 3.8) is 0 Å². The van der Waals surface area contributed by atoms with E-state index in [-0.39, 0.29) is 12.1 Å². The standard InChI is InChI=1S/C27H34O3/c1-3-4-5-6-7-20(2)30-27(29)25-14-12-23(13-15-25)21-8-10-22(11-9-21)24-16-18-26(28)19-17-24/h8-15,20,24H,3-7,16-19H2,1-2H3/t20-/m1/s1. The van der Waals surface area contributed by atoms with E-state index in [2.05, 4.69) is 31.2 Å². The Morgan fingerprint density at radius 2 is 1.53 bits per heavy atom. The van der Waals surface area contributed by atoms with Gasteiger partial charge in [-0.15, -0.1) is 0 Å². The zero-order valence-corrected chi connectivity index (χ0v) is 18.4. The molecule has 2 aromatic carbocycles. The Morgan fingerprint density at radius 3 is 2.13 bits per heavy atom. The largest absolute Gasteiger partial charge is 0.459 e. The molecule has 0 aromatic heterocycles. The minimum absolute atomic E-state index is 0.0448. The number of carbonyl (C=O) groups is 2. The van der Waals surface area contributed by atoms with Gasteiger partial charge in [-0.05, 0) is 67.3 Å². The van der Waals surface area contributed by atoms with Crippen molar-refractivity contribution in [1.29, 1.82) is 0 Å². The number of ketones is 1. The molecule has 0 N–H and O–H groups in total. The molecule has 0 radical (unpaired) electrons. The number of rotatable bonds is 9. The first-order chi connectivity index (χ1) is 14.6. The highest BCUT2D eigenvalue weighted by Crippen LogP contribution is 2.32. The van der Waals surface area contributed by atoms with Gasteiger partial charge in [-0.25, -0.2) is 4.79 Å². The van der Waals surface area contributed by atoms with E-state index < -0.39 is 0 Å². The summed E-state index contributed by atoms with van der Waals surface area (Å²) in [6, 6.07) is 16.3. The van der Waals surface area contributed by atoms with Crippen molar-refractivity contribution < 1.29 is 14.3 Å². The minimum Gasteiger partial charge on any atom is -0.459 e. The Labute approximate surface area is 180 Å². The van der Waals surface area contributed by atoms with Crippen LogP contribution in [0.1, 0.15) is 93.5 Å². The van der Waals surface area contributed by atoms with E-state index in [1.165, 1.54) is 24.8 Å². The molecule has 0 unspecified atom stereocenters. The van der Waals surface area contributed by atoms with Gasteiger partial charge >= 0.3 is 5.97 Å². The summed E-state index contributed by atoms with van der Waals surface area (Å²) in [5.41, 5.74) is 4.14. The van der Waals surface area contributed by atoms with Crippen LogP contribution in [0.25, 0.3) is 11.1 Å². The van der Waals surface area contributed by atoms with Gasteiger partial charge in [0.25, 0.3) is 0 Å². The van der Waals surface area contributed by atoms with E-state index in [0.717, 1.165) is 36.8 Å². The molecule has 3 rings (SSSR count). The van der Waals surface area contributed by atoms with Crippen molar-refractivity contribution in [2.45, 2.75) is 83.7 Å². The van der Waals surface area contributed by atoms with Gasteiger partial charge in [0, 0.05) is 12.8 Å². The Morgan fingerprint density at radius 1 is 0.933 bits per heavy atom. The van der Waals surface area contributed by atoms with E-state index in [1.54, 1.807) is 0 Å². The molecule has 0 amide bonds. The fraction of sp³-hybridized carbons (Fsp3) is 0.481. The van der Waals surface area contributed by atoms with Gasteiger partial charge in [0.05, 0.1) is 11.7 Å². The van der Waals surface area contributed by atoms with Gasteiger partial charge in [0.15, 0.2) is 0 Å². The zero-order valence-electron chi connectivity index (χ0n) is 18.4. The first kappa shape index (κ1) is 22.3. The van der Waals surface area contributed by atoms with Gasteiger partial charge < -0.3 is 4.74 Å². The number of unbranched alkanes of at least 4 members (excludes halogenated alkanes) is 3. The molecule has 160 valence electrons. The van der Waals surface area contributed by atoms with Crippen molar-refractivity contribution in [1.82, 2.24) is 0 Å². The molecule has 30 heavy (non-hydrogen) atoms. The second-order valence-corrected chi connectivity index (χ2v) is 8.58. The molecule has 2 aromatic rings. The maximum atomic E-state index is 12.4. The lowest BCUT2D eigenvalue weighted by atomic mass is 9.83. The third-order valence-corrected chi connectivity index (χ3v) is 6.15. The predicted molar refractivity (Wildman–Crippen MR) is 122 cm³/mol. The van der Waals surface area contributed by atoms with Crippen LogP contribution >= 0.6 is 0 Å². The van der Waals surface area contributed by atoms with Crippen LogP contribution in [0, 0.1) is 0 Å².